The summed E-state index contributed by atoms with van der Waals surface area (Å²) in [4.78, 5) is 12.4. The van der Waals surface area contributed by atoms with E-state index in [4.69, 9.17) is 16.3 Å². The Balaban J connectivity index is 1.60. The Hall–Kier alpha value is -2.77. The van der Waals surface area contributed by atoms with Crippen molar-refractivity contribution in [3.05, 3.63) is 77.1 Å². The van der Waals surface area contributed by atoms with Gasteiger partial charge in [0, 0.05) is 17.3 Å². The average molecular weight is 471 g/mol. The Labute approximate surface area is 198 Å². The van der Waals surface area contributed by atoms with Gasteiger partial charge in [0.05, 0.1) is 5.75 Å². The molecule has 0 fully saturated rings. The van der Waals surface area contributed by atoms with Crippen molar-refractivity contribution in [2.24, 2.45) is 0 Å². The van der Waals surface area contributed by atoms with Crippen LogP contribution in [0.5, 0.6) is 5.75 Å². The number of ether oxygens (including phenoxy) is 1. The third kappa shape index (κ3) is 6.37. The van der Waals surface area contributed by atoms with Crippen LogP contribution in [0.2, 0.25) is 5.02 Å². The molecule has 1 heterocycles. The number of hydrogen-bond donors (Lipinski definition) is 1. The molecule has 1 aromatic heterocycles. The number of thioether (sulfide) groups is 1. The van der Waals surface area contributed by atoms with Gasteiger partial charge < -0.3 is 10.1 Å². The first-order valence-corrected chi connectivity index (χ1v) is 11.7. The maximum atomic E-state index is 12.4. The van der Waals surface area contributed by atoms with E-state index in [1.165, 1.54) is 17.3 Å². The normalized spacial score (nSPS) is 10.9. The molecule has 0 radical (unpaired) electrons. The van der Waals surface area contributed by atoms with Gasteiger partial charge in [0.2, 0.25) is 5.91 Å². The Morgan fingerprint density at radius 2 is 2.00 bits per heavy atom. The molecule has 0 saturated heterocycles. The molecule has 6 nitrogen and oxygen atoms in total. The first kappa shape index (κ1) is 23.9. The number of allylic oxidation sites excluding steroid dienone is 1. The van der Waals surface area contributed by atoms with E-state index in [2.05, 4.69) is 48.1 Å². The van der Waals surface area contributed by atoms with Gasteiger partial charge in [-0.2, -0.15) is 0 Å². The molecule has 1 N–H and O–H groups in total. The van der Waals surface area contributed by atoms with Crippen molar-refractivity contribution in [1.29, 1.82) is 0 Å². The molecule has 0 aliphatic heterocycles. The summed E-state index contributed by atoms with van der Waals surface area (Å²) in [7, 11) is 0. The summed E-state index contributed by atoms with van der Waals surface area (Å²) in [6.45, 7) is 10.8. The van der Waals surface area contributed by atoms with E-state index >= 15 is 0 Å². The zero-order valence-corrected chi connectivity index (χ0v) is 20.0. The highest BCUT2D eigenvalue weighted by molar-refractivity contribution is 7.99. The standard InChI is InChI=1S/C24H27ClN4O2S/c1-5-12-29-22(14-31-20-10-7-18(8-11-20)16(2)3)27-28-24(29)32-15-23(30)26-19-9-6-17(4)21(25)13-19/h5-11,13,16H,1,12,14-15H2,2-4H3,(H,26,30). The van der Waals surface area contributed by atoms with Crippen molar-refractivity contribution in [2.45, 2.75) is 45.0 Å². The molecule has 1 amide bonds. The number of benzene rings is 2. The van der Waals surface area contributed by atoms with Crippen molar-refractivity contribution in [3.8, 4) is 5.75 Å². The van der Waals surface area contributed by atoms with Crippen LogP contribution >= 0.6 is 23.4 Å². The van der Waals surface area contributed by atoms with Crippen molar-refractivity contribution < 1.29 is 9.53 Å². The van der Waals surface area contributed by atoms with Gasteiger partial charge in [-0.1, -0.05) is 61.5 Å². The summed E-state index contributed by atoms with van der Waals surface area (Å²) in [6, 6.07) is 13.5. The predicted molar refractivity (Wildman–Crippen MR) is 131 cm³/mol. The second kappa shape index (κ2) is 11.2. The minimum atomic E-state index is -0.147. The van der Waals surface area contributed by atoms with E-state index in [1.807, 2.05) is 35.8 Å². The van der Waals surface area contributed by atoms with Gasteiger partial charge in [-0.05, 0) is 48.2 Å². The summed E-state index contributed by atoms with van der Waals surface area (Å²) in [5.74, 6) is 1.96. The van der Waals surface area contributed by atoms with E-state index in [0.29, 0.717) is 34.2 Å². The number of anilines is 1. The van der Waals surface area contributed by atoms with E-state index < -0.39 is 0 Å². The summed E-state index contributed by atoms with van der Waals surface area (Å²) < 4.78 is 7.79. The highest BCUT2D eigenvalue weighted by atomic mass is 35.5. The number of rotatable bonds is 10. The van der Waals surface area contributed by atoms with Gasteiger partial charge in [-0.25, -0.2) is 0 Å². The molecule has 8 heteroatoms. The van der Waals surface area contributed by atoms with Crippen LogP contribution in [0.3, 0.4) is 0 Å². The fraction of sp³-hybridized carbons (Fsp3) is 0.292. The van der Waals surface area contributed by atoms with Crippen LogP contribution in [0.15, 0.2) is 60.3 Å². The number of aromatic nitrogens is 3. The summed E-state index contributed by atoms with van der Waals surface area (Å²) >= 11 is 7.43. The van der Waals surface area contributed by atoms with Gasteiger partial charge in [-0.3, -0.25) is 9.36 Å². The number of nitrogens with one attached hydrogen (secondary N) is 1. The molecule has 32 heavy (non-hydrogen) atoms. The lowest BCUT2D eigenvalue weighted by Gasteiger charge is -2.10. The first-order chi connectivity index (χ1) is 15.4. The quantitative estimate of drug-likeness (QED) is 0.297. The maximum Gasteiger partial charge on any atom is 0.234 e. The number of carbonyl (C=O) groups is 1. The van der Waals surface area contributed by atoms with Crippen LogP contribution in [0.25, 0.3) is 0 Å². The van der Waals surface area contributed by atoms with Gasteiger partial charge >= 0.3 is 0 Å². The summed E-state index contributed by atoms with van der Waals surface area (Å²) in [5.41, 5.74) is 2.88. The second-order valence-electron chi connectivity index (χ2n) is 7.61. The number of halogens is 1. The SMILES string of the molecule is C=CCn1c(COc2ccc(C(C)C)cc2)nnc1SCC(=O)Nc1ccc(C)c(Cl)c1. The van der Waals surface area contributed by atoms with Crippen molar-refractivity contribution in [3.63, 3.8) is 0 Å². The molecule has 0 unspecified atom stereocenters. The lowest BCUT2D eigenvalue weighted by Crippen LogP contribution is -2.15. The number of amides is 1. The Bertz CT molecular complexity index is 1080. The number of hydrogen-bond acceptors (Lipinski definition) is 5. The Kier molecular flexibility index (Phi) is 8.36. The molecule has 0 bridgehead atoms. The smallest absolute Gasteiger partial charge is 0.234 e. The highest BCUT2D eigenvalue weighted by Crippen LogP contribution is 2.23. The van der Waals surface area contributed by atoms with Crippen LogP contribution in [-0.4, -0.2) is 26.4 Å². The van der Waals surface area contributed by atoms with Crippen molar-refractivity contribution in [1.82, 2.24) is 14.8 Å². The van der Waals surface area contributed by atoms with E-state index in [9.17, 15) is 4.79 Å². The fourth-order valence-corrected chi connectivity index (χ4v) is 3.89. The lowest BCUT2D eigenvalue weighted by molar-refractivity contribution is -0.113. The second-order valence-corrected chi connectivity index (χ2v) is 8.96. The van der Waals surface area contributed by atoms with Crippen LogP contribution in [0.1, 0.15) is 36.7 Å². The third-order valence-corrected chi connectivity index (χ3v) is 6.18. The molecule has 2 aromatic carbocycles. The fourth-order valence-electron chi connectivity index (χ4n) is 2.94. The van der Waals surface area contributed by atoms with Crippen LogP contribution in [0, 0.1) is 6.92 Å². The van der Waals surface area contributed by atoms with Crippen LogP contribution in [-0.2, 0) is 17.9 Å². The summed E-state index contributed by atoms with van der Waals surface area (Å²) in [6.07, 6.45) is 1.77. The topological polar surface area (TPSA) is 69.0 Å². The largest absolute Gasteiger partial charge is 0.486 e. The van der Waals surface area contributed by atoms with Gasteiger partial charge in [0.25, 0.3) is 0 Å². The molecular weight excluding hydrogens is 444 g/mol. The van der Waals surface area contributed by atoms with Crippen molar-refractivity contribution in [2.75, 3.05) is 11.1 Å². The molecule has 3 aromatic rings. The Morgan fingerprint density at radius 3 is 2.66 bits per heavy atom. The van der Waals surface area contributed by atoms with Crippen LogP contribution in [0.4, 0.5) is 5.69 Å². The predicted octanol–water partition coefficient (Wildman–Crippen LogP) is 5.86. The third-order valence-electron chi connectivity index (χ3n) is 4.81. The molecule has 0 aliphatic carbocycles. The van der Waals surface area contributed by atoms with E-state index in [1.54, 1.807) is 12.1 Å². The van der Waals surface area contributed by atoms with Crippen LogP contribution < -0.4 is 10.1 Å². The van der Waals surface area contributed by atoms with Gasteiger partial charge in [0.1, 0.15) is 12.4 Å². The molecular formula is C24H27ClN4O2S. The van der Waals surface area contributed by atoms with E-state index in [-0.39, 0.29) is 18.3 Å². The van der Waals surface area contributed by atoms with Gasteiger partial charge in [0.15, 0.2) is 11.0 Å². The molecule has 0 spiro atoms. The molecule has 3 rings (SSSR count). The molecule has 0 saturated carbocycles. The number of carbonyl (C=O) groups excluding carboxylic acids is 1. The van der Waals surface area contributed by atoms with Gasteiger partial charge in [-0.15, -0.1) is 16.8 Å². The highest BCUT2D eigenvalue weighted by Gasteiger charge is 2.14. The van der Waals surface area contributed by atoms with E-state index in [0.717, 1.165) is 11.3 Å². The molecule has 0 aliphatic rings. The Morgan fingerprint density at radius 1 is 1.25 bits per heavy atom. The monoisotopic (exact) mass is 470 g/mol. The van der Waals surface area contributed by atoms with Crippen molar-refractivity contribution >= 4 is 35.0 Å². The number of nitrogens with zero attached hydrogens (tertiary/aromatic N) is 3. The minimum Gasteiger partial charge on any atom is -0.486 e. The molecule has 168 valence electrons. The zero-order chi connectivity index (χ0) is 23.1. The first-order valence-electron chi connectivity index (χ1n) is 10.3. The average Bonchev–Trinajstić information content (AvgIpc) is 3.15. The zero-order valence-electron chi connectivity index (χ0n) is 18.5. The molecule has 0 atom stereocenters. The number of aryl methyl sites for hydroxylation is 1. The lowest BCUT2D eigenvalue weighted by atomic mass is 10.0. The minimum absolute atomic E-state index is 0.147. The summed E-state index contributed by atoms with van der Waals surface area (Å²) in [5, 5.41) is 12.6. The maximum absolute atomic E-state index is 12.4.